The first-order chi connectivity index (χ1) is 33.9. The van der Waals surface area contributed by atoms with Crippen LogP contribution >= 0.6 is 35.2 Å². The molecule has 25 nitrogen and oxygen atoms in total. The molecular weight excluding hydrogens is 1030 g/mol. The number of imidazole rings is 1. The van der Waals surface area contributed by atoms with Crippen molar-refractivity contribution in [1.82, 2.24) is 30.2 Å². The molecule has 406 valence electrons. The van der Waals surface area contributed by atoms with Gasteiger partial charge in [0.1, 0.15) is 36.3 Å². The molecule has 0 spiro atoms. The van der Waals surface area contributed by atoms with Crippen LogP contribution in [0.15, 0.2) is 61.3 Å². The molecule has 3 heterocycles. The number of phosphoric ester groups is 3. The van der Waals surface area contributed by atoms with Gasteiger partial charge in [0.25, 0.3) is 0 Å². The van der Waals surface area contributed by atoms with Crippen molar-refractivity contribution in [3.05, 3.63) is 61.3 Å². The highest BCUT2D eigenvalue weighted by atomic mass is 32.2. The Morgan fingerprint density at radius 1 is 0.889 bits per heavy atom. The molecule has 0 radical (unpaired) electrons. The zero-order valence-corrected chi connectivity index (χ0v) is 44.0. The number of fused-ring (bicyclic) bond motifs is 1. The van der Waals surface area contributed by atoms with Crippen LogP contribution in [0, 0.1) is 5.41 Å². The smallest absolute Gasteiger partial charge is 0.393 e. The third kappa shape index (κ3) is 23.8. The fourth-order valence-electron chi connectivity index (χ4n) is 6.74. The quantitative estimate of drug-likeness (QED) is 0.0257. The van der Waals surface area contributed by atoms with Gasteiger partial charge >= 0.3 is 23.5 Å². The number of nitrogen functional groups attached to an aromatic ring is 1. The van der Waals surface area contributed by atoms with Crippen LogP contribution in [0.4, 0.5) is 5.82 Å². The molecule has 72 heavy (non-hydrogen) atoms. The van der Waals surface area contributed by atoms with E-state index in [4.69, 9.17) is 19.5 Å². The van der Waals surface area contributed by atoms with Crippen LogP contribution in [-0.4, -0.2) is 134 Å². The number of rotatable bonds is 35. The molecule has 29 heteroatoms. The van der Waals surface area contributed by atoms with Crippen molar-refractivity contribution in [2.24, 2.45) is 5.41 Å². The summed E-state index contributed by atoms with van der Waals surface area (Å²) in [6, 6.07) is 0. The molecule has 0 bridgehead atoms. The number of carbonyl (C=O) groups excluding carboxylic acids is 3. The first-order valence-electron chi connectivity index (χ1n) is 23.3. The first kappa shape index (κ1) is 62.8. The lowest BCUT2D eigenvalue weighted by molar-refractivity contribution is -0.137. The van der Waals surface area contributed by atoms with Gasteiger partial charge in [-0.15, -0.1) is 0 Å². The summed E-state index contributed by atoms with van der Waals surface area (Å²) in [5.41, 5.74) is 4.25. The SMILES string of the molecule is CC/C=C\C/C=C\C/C=C\C/C=C\CCCCCC[C@H](O)CC(=O)SCCNC(=O)CCNC(=O)[C@H](O)C(C)(C)COP(=O)(O)OP(=O)(O)OC[C@@H]1O[C@H](n2cnc3c(N)ncnc32)[C@H](O)[C@@H]1OP(=O)(O)O. The number of hydrogen-bond donors (Lipinski definition) is 10. The second-order valence-electron chi connectivity index (χ2n) is 17.1. The Labute approximate surface area is 422 Å². The maximum Gasteiger partial charge on any atom is 0.481 e. The fraction of sp³-hybridized carbons (Fsp3) is 0.628. The van der Waals surface area contributed by atoms with Gasteiger partial charge in [-0.05, 0) is 44.9 Å². The predicted octanol–water partition coefficient (Wildman–Crippen LogP) is 4.56. The lowest BCUT2D eigenvalue weighted by Crippen LogP contribution is -2.46. The molecule has 1 saturated heterocycles. The summed E-state index contributed by atoms with van der Waals surface area (Å²) in [6.45, 7) is 2.49. The van der Waals surface area contributed by atoms with Crippen molar-refractivity contribution in [3.8, 4) is 0 Å². The number of aliphatic hydroxyl groups is 3. The zero-order chi connectivity index (χ0) is 53.4. The summed E-state index contributed by atoms with van der Waals surface area (Å²) in [4.78, 5) is 88.5. The molecule has 0 aliphatic carbocycles. The number of aliphatic hydroxyl groups excluding tert-OH is 3. The molecular formula is C43H70N7O18P3S. The van der Waals surface area contributed by atoms with Crippen LogP contribution in [0.1, 0.15) is 104 Å². The molecule has 1 aliphatic heterocycles. The number of unbranched alkanes of at least 4 members (excludes halogenated alkanes) is 4. The molecule has 0 aromatic carbocycles. The Kier molecular flexibility index (Phi) is 27.4. The third-order valence-electron chi connectivity index (χ3n) is 10.5. The van der Waals surface area contributed by atoms with E-state index in [0.29, 0.717) is 6.42 Å². The van der Waals surface area contributed by atoms with Gasteiger partial charge in [0.05, 0.1) is 25.6 Å². The number of amides is 2. The lowest BCUT2D eigenvalue weighted by atomic mass is 9.87. The number of carbonyl (C=O) groups is 3. The fourth-order valence-corrected chi connectivity index (χ4v) is 10.3. The van der Waals surface area contributed by atoms with E-state index in [2.05, 4.69) is 90.0 Å². The van der Waals surface area contributed by atoms with E-state index in [1.165, 1.54) is 13.8 Å². The Bertz CT molecular complexity index is 2300. The summed E-state index contributed by atoms with van der Waals surface area (Å²) >= 11 is 0.986. The number of allylic oxidation sites excluding steroid dienone is 8. The maximum absolute atomic E-state index is 12.8. The molecule has 2 amide bonds. The Balaban J connectivity index is 1.28. The van der Waals surface area contributed by atoms with Gasteiger partial charge in [0.15, 0.2) is 22.8 Å². The molecule has 1 aliphatic rings. The molecule has 2 aromatic rings. The number of nitrogens with two attached hydrogens (primary N) is 1. The van der Waals surface area contributed by atoms with Gasteiger partial charge in [-0.3, -0.25) is 32.5 Å². The second kappa shape index (κ2) is 31.4. The largest absolute Gasteiger partial charge is 0.481 e. The van der Waals surface area contributed by atoms with Crippen molar-refractivity contribution in [3.63, 3.8) is 0 Å². The highest BCUT2D eigenvalue weighted by Gasteiger charge is 2.50. The second-order valence-corrected chi connectivity index (χ2v) is 22.5. The van der Waals surface area contributed by atoms with Crippen LogP contribution in [0.25, 0.3) is 11.2 Å². The van der Waals surface area contributed by atoms with E-state index in [9.17, 15) is 63.0 Å². The summed E-state index contributed by atoms with van der Waals surface area (Å²) in [5.74, 6) is -1.25. The van der Waals surface area contributed by atoms with E-state index >= 15 is 0 Å². The van der Waals surface area contributed by atoms with Crippen molar-refractivity contribution < 1.29 is 85.6 Å². The van der Waals surface area contributed by atoms with Crippen LogP contribution < -0.4 is 16.4 Å². The molecule has 2 aromatic heterocycles. The van der Waals surface area contributed by atoms with Crippen molar-refractivity contribution in [2.45, 2.75) is 135 Å². The van der Waals surface area contributed by atoms with E-state index in [1.54, 1.807) is 0 Å². The Hall–Kier alpha value is -3.52. The number of ether oxygens (including phenoxy) is 1. The number of anilines is 1. The van der Waals surface area contributed by atoms with Gasteiger partial charge < -0.3 is 56.0 Å². The van der Waals surface area contributed by atoms with Crippen LogP contribution in [0.2, 0.25) is 0 Å². The van der Waals surface area contributed by atoms with E-state index < -0.39 is 90.7 Å². The molecule has 0 saturated carbocycles. The van der Waals surface area contributed by atoms with Crippen LogP contribution in [-0.2, 0) is 50.7 Å². The van der Waals surface area contributed by atoms with Gasteiger partial charge in [0.2, 0.25) is 11.8 Å². The van der Waals surface area contributed by atoms with E-state index in [0.717, 1.165) is 86.8 Å². The highest BCUT2D eigenvalue weighted by Crippen LogP contribution is 2.61. The monoisotopic (exact) mass is 1100 g/mol. The lowest BCUT2D eigenvalue weighted by Gasteiger charge is -2.30. The average Bonchev–Trinajstić information content (AvgIpc) is 3.86. The standard InChI is InChI=1S/C43H70N7O18P3S/c1-4-5-6-7-8-9-10-11-12-13-14-15-16-17-18-19-20-21-31(51)26-34(53)72-25-24-45-33(52)22-23-46-41(56)38(55)43(2,3)28-65-71(62,63)68-70(60,61)64-27-32-37(67-69(57,58)59)36(54)42(66-32)50-30-49-35-39(44)47-29-48-40(35)50/h5-6,8-9,11-12,14-15,29-32,36-38,42,51,54-55H,4,7,10,13,16-28H2,1-3H3,(H,45,52)(H,46,56)(H,60,61)(H,62,63)(H2,44,47,48)(H2,57,58,59)/b6-5-,9-8-,12-11-,15-14-/t31-,32-,36+,37+,38-,42-/m0/s1. The number of hydrogen-bond acceptors (Lipinski definition) is 19. The summed E-state index contributed by atoms with van der Waals surface area (Å²) < 4.78 is 62.4. The van der Waals surface area contributed by atoms with Crippen LogP contribution in [0.5, 0.6) is 0 Å². The van der Waals surface area contributed by atoms with Crippen molar-refractivity contribution in [1.29, 1.82) is 0 Å². The zero-order valence-electron chi connectivity index (χ0n) is 40.5. The van der Waals surface area contributed by atoms with Gasteiger partial charge in [-0.25, -0.2) is 28.6 Å². The minimum atomic E-state index is -5.59. The number of thioether (sulfide) groups is 1. The number of phosphoric acid groups is 3. The number of nitrogens with zero attached hydrogens (tertiary/aromatic N) is 4. The number of aromatic nitrogens is 4. The Morgan fingerprint density at radius 2 is 1.53 bits per heavy atom. The normalized spacial score (nSPS) is 20.4. The third-order valence-corrected chi connectivity index (χ3v) is 14.5. The topological polar surface area (TPSA) is 384 Å². The number of nitrogens with one attached hydrogen (secondary N) is 2. The molecule has 11 N–H and O–H groups in total. The van der Waals surface area contributed by atoms with Crippen LogP contribution in [0.3, 0.4) is 0 Å². The predicted molar refractivity (Wildman–Crippen MR) is 266 cm³/mol. The summed E-state index contributed by atoms with van der Waals surface area (Å²) in [5, 5.41) is 36.6. The minimum Gasteiger partial charge on any atom is -0.393 e. The van der Waals surface area contributed by atoms with E-state index in [-0.39, 0.29) is 53.8 Å². The van der Waals surface area contributed by atoms with Gasteiger partial charge in [-0.1, -0.05) is 100 Å². The minimum absolute atomic E-state index is 0.00243. The van der Waals surface area contributed by atoms with Gasteiger partial charge in [0, 0.05) is 37.1 Å². The maximum atomic E-state index is 12.8. The Morgan fingerprint density at radius 3 is 2.19 bits per heavy atom. The summed E-state index contributed by atoms with van der Waals surface area (Å²) in [7, 11) is -16.5. The van der Waals surface area contributed by atoms with Crippen molar-refractivity contribution in [2.75, 3.05) is 37.8 Å². The molecule has 2 unspecified atom stereocenters. The molecule has 1 fully saturated rings. The molecule has 8 atom stereocenters. The first-order valence-corrected chi connectivity index (χ1v) is 28.8. The van der Waals surface area contributed by atoms with Crippen molar-refractivity contribution >= 4 is 69.1 Å². The molecule has 3 rings (SSSR count). The van der Waals surface area contributed by atoms with E-state index in [1.807, 2.05) is 0 Å². The summed E-state index contributed by atoms with van der Waals surface area (Å²) in [6.07, 6.45) is 18.9. The highest BCUT2D eigenvalue weighted by molar-refractivity contribution is 8.13. The average molecular weight is 1100 g/mol. The van der Waals surface area contributed by atoms with Gasteiger partial charge in [-0.2, -0.15) is 4.31 Å².